The first-order chi connectivity index (χ1) is 6.21. The molecule has 13 heavy (non-hydrogen) atoms. The Labute approximate surface area is 80.5 Å². The van der Waals surface area contributed by atoms with E-state index in [9.17, 15) is 5.11 Å². The van der Waals surface area contributed by atoms with Gasteiger partial charge in [-0.15, -0.1) is 0 Å². The molecule has 0 bridgehead atoms. The molecule has 2 aliphatic carbocycles. The van der Waals surface area contributed by atoms with Crippen LogP contribution >= 0.6 is 0 Å². The van der Waals surface area contributed by atoms with Crippen LogP contribution in [-0.4, -0.2) is 16.7 Å². The molecule has 0 aliphatic heterocycles. The third-order valence-electron chi connectivity index (χ3n) is 3.69. The molecule has 1 atom stereocenters. The van der Waals surface area contributed by atoms with Gasteiger partial charge in [-0.1, -0.05) is 32.1 Å². The van der Waals surface area contributed by atoms with Crippen LogP contribution in [0.4, 0.5) is 0 Å². The Bertz CT molecular complexity index is 171. The van der Waals surface area contributed by atoms with E-state index in [0.717, 1.165) is 38.0 Å². The summed E-state index contributed by atoms with van der Waals surface area (Å²) in [6, 6.07) is 0.0419. The first-order valence-electron chi connectivity index (χ1n) is 5.69. The number of nitrogens with two attached hydrogens (primary N) is 1. The van der Waals surface area contributed by atoms with Gasteiger partial charge in [-0.3, -0.25) is 0 Å². The van der Waals surface area contributed by atoms with E-state index < -0.39 is 5.60 Å². The van der Waals surface area contributed by atoms with Crippen molar-refractivity contribution in [3.8, 4) is 0 Å². The van der Waals surface area contributed by atoms with Gasteiger partial charge in [-0.05, 0) is 25.2 Å². The zero-order chi connectivity index (χ0) is 9.31. The van der Waals surface area contributed by atoms with Crippen molar-refractivity contribution in [2.45, 2.75) is 63.0 Å². The van der Waals surface area contributed by atoms with Crippen molar-refractivity contribution >= 4 is 0 Å². The van der Waals surface area contributed by atoms with E-state index in [0.29, 0.717) is 0 Å². The maximum absolute atomic E-state index is 10.3. The van der Waals surface area contributed by atoms with Crippen molar-refractivity contribution < 1.29 is 5.11 Å². The molecule has 0 aromatic carbocycles. The Morgan fingerprint density at radius 2 is 1.85 bits per heavy atom. The highest BCUT2D eigenvalue weighted by Gasteiger charge is 2.38. The molecule has 0 radical (unpaired) electrons. The van der Waals surface area contributed by atoms with Crippen LogP contribution in [0.3, 0.4) is 0 Å². The highest BCUT2D eigenvalue weighted by atomic mass is 16.3. The van der Waals surface area contributed by atoms with E-state index in [-0.39, 0.29) is 6.04 Å². The molecule has 2 fully saturated rings. The van der Waals surface area contributed by atoms with Gasteiger partial charge in [0.25, 0.3) is 0 Å². The quantitative estimate of drug-likeness (QED) is 0.701. The van der Waals surface area contributed by atoms with Crippen LogP contribution in [0.5, 0.6) is 0 Å². The molecular weight excluding hydrogens is 162 g/mol. The topological polar surface area (TPSA) is 46.2 Å². The van der Waals surface area contributed by atoms with E-state index in [1.165, 1.54) is 19.3 Å². The summed E-state index contributed by atoms with van der Waals surface area (Å²) in [5.41, 5.74) is 5.56. The third kappa shape index (κ3) is 2.23. The SMILES string of the molecule is NC(CC1CC1)C1(O)CCCCC1. The standard InChI is InChI=1S/C11H21NO/c12-10(8-9-4-5-9)11(13)6-2-1-3-7-11/h9-10,13H,1-8,12H2. The molecule has 2 aliphatic rings. The Morgan fingerprint density at radius 1 is 1.23 bits per heavy atom. The predicted molar refractivity (Wildman–Crippen MR) is 53.4 cm³/mol. The Hall–Kier alpha value is -0.0800. The Kier molecular flexibility index (Phi) is 2.61. The third-order valence-corrected chi connectivity index (χ3v) is 3.69. The van der Waals surface area contributed by atoms with Crippen molar-refractivity contribution in [2.24, 2.45) is 11.7 Å². The van der Waals surface area contributed by atoms with Crippen molar-refractivity contribution in [3.05, 3.63) is 0 Å². The summed E-state index contributed by atoms with van der Waals surface area (Å²) in [6.07, 6.45) is 9.19. The van der Waals surface area contributed by atoms with Gasteiger partial charge in [0.1, 0.15) is 0 Å². The highest BCUT2D eigenvalue weighted by molar-refractivity contribution is 4.94. The molecule has 0 aromatic rings. The number of hydrogen-bond donors (Lipinski definition) is 2. The molecule has 76 valence electrons. The lowest BCUT2D eigenvalue weighted by molar-refractivity contribution is -0.0228. The summed E-state index contributed by atoms with van der Waals surface area (Å²) in [5, 5.41) is 10.3. The van der Waals surface area contributed by atoms with Gasteiger partial charge >= 0.3 is 0 Å². The number of aliphatic hydroxyl groups is 1. The van der Waals surface area contributed by atoms with Gasteiger partial charge in [0.15, 0.2) is 0 Å². The fourth-order valence-electron chi connectivity index (χ4n) is 2.47. The van der Waals surface area contributed by atoms with E-state index in [2.05, 4.69) is 0 Å². The van der Waals surface area contributed by atoms with Gasteiger partial charge < -0.3 is 10.8 Å². The summed E-state index contributed by atoms with van der Waals surface area (Å²) in [6.45, 7) is 0. The molecule has 1 unspecified atom stereocenters. The molecule has 0 amide bonds. The summed E-state index contributed by atoms with van der Waals surface area (Å²) in [7, 11) is 0. The first-order valence-corrected chi connectivity index (χ1v) is 5.69. The monoisotopic (exact) mass is 183 g/mol. The molecule has 0 spiro atoms. The zero-order valence-corrected chi connectivity index (χ0v) is 8.34. The first kappa shape index (κ1) is 9.47. The number of hydrogen-bond acceptors (Lipinski definition) is 2. The van der Waals surface area contributed by atoms with Crippen molar-refractivity contribution in [2.75, 3.05) is 0 Å². The van der Waals surface area contributed by atoms with Crippen molar-refractivity contribution in [3.63, 3.8) is 0 Å². The molecule has 0 aromatic heterocycles. The highest BCUT2D eigenvalue weighted by Crippen LogP contribution is 2.38. The normalized spacial score (nSPS) is 30.0. The van der Waals surface area contributed by atoms with Crippen LogP contribution in [0.15, 0.2) is 0 Å². The van der Waals surface area contributed by atoms with Crippen LogP contribution in [0, 0.1) is 5.92 Å². The minimum absolute atomic E-state index is 0.0419. The maximum atomic E-state index is 10.3. The minimum Gasteiger partial charge on any atom is -0.388 e. The fraction of sp³-hybridized carbons (Fsp3) is 1.00. The Balaban J connectivity index is 1.86. The van der Waals surface area contributed by atoms with Crippen LogP contribution in [0.25, 0.3) is 0 Å². The molecule has 2 nitrogen and oxygen atoms in total. The predicted octanol–water partition coefficient (Wildman–Crippen LogP) is 1.81. The van der Waals surface area contributed by atoms with Gasteiger partial charge in [0.05, 0.1) is 5.60 Å². The van der Waals surface area contributed by atoms with Crippen LogP contribution in [0.1, 0.15) is 51.4 Å². The molecule has 2 heteroatoms. The summed E-state index contributed by atoms with van der Waals surface area (Å²) >= 11 is 0. The lowest BCUT2D eigenvalue weighted by atomic mass is 9.78. The van der Waals surface area contributed by atoms with E-state index in [4.69, 9.17) is 5.73 Å². The van der Waals surface area contributed by atoms with Gasteiger partial charge in [-0.25, -0.2) is 0 Å². The van der Waals surface area contributed by atoms with E-state index in [1.54, 1.807) is 0 Å². The second-order valence-electron chi connectivity index (χ2n) is 4.95. The van der Waals surface area contributed by atoms with E-state index >= 15 is 0 Å². The average molecular weight is 183 g/mol. The average Bonchev–Trinajstić information content (AvgIpc) is 2.89. The lowest BCUT2D eigenvalue weighted by Crippen LogP contribution is -2.49. The summed E-state index contributed by atoms with van der Waals surface area (Å²) < 4.78 is 0. The minimum atomic E-state index is -0.513. The van der Waals surface area contributed by atoms with Gasteiger partial charge in [0.2, 0.25) is 0 Å². The lowest BCUT2D eigenvalue weighted by Gasteiger charge is -2.37. The molecule has 2 rings (SSSR count). The second-order valence-corrected chi connectivity index (χ2v) is 4.95. The molecule has 0 heterocycles. The van der Waals surface area contributed by atoms with Gasteiger partial charge in [-0.2, -0.15) is 0 Å². The fourth-order valence-corrected chi connectivity index (χ4v) is 2.47. The Morgan fingerprint density at radius 3 is 2.38 bits per heavy atom. The molecule has 0 saturated heterocycles. The number of rotatable bonds is 3. The van der Waals surface area contributed by atoms with Crippen LogP contribution < -0.4 is 5.73 Å². The maximum Gasteiger partial charge on any atom is 0.0798 e. The smallest absolute Gasteiger partial charge is 0.0798 e. The largest absolute Gasteiger partial charge is 0.388 e. The zero-order valence-electron chi connectivity index (χ0n) is 8.34. The molecule has 3 N–H and O–H groups in total. The van der Waals surface area contributed by atoms with E-state index in [1.807, 2.05) is 0 Å². The van der Waals surface area contributed by atoms with Gasteiger partial charge in [0, 0.05) is 6.04 Å². The summed E-state index contributed by atoms with van der Waals surface area (Å²) in [5.74, 6) is 0.834. The van der Waals surface area contributed by atoms with Crippen LogP contribution in [0.2, 0.25) is 0 Å². The molecule has 2 saturated carbocycles. The van der Waals surface area contributed by atoms with Crippen molar-refractivity contribution in [1.29, 1.82) is 0 Å². The second kappa shape index (κ2) is 3.58. The molecular formula is C11H21NO. The summed E-state index contributed by atoms with van der Waals surface area (Å²) in [4.78, 5) is 0. The van der Waals surface area contributed by atoms with Crippen molar-refractivity contribution in [1.82, 2.24) is 0 Å². The van der Waals surface area contributed by atoms with Crippen LogP contribution in [-0.2, 0) is 0 Å².